The molecule has 0 bridgehead atoms. The number of hydrogen-bond acceptors (Lipinski definition) is 2. The topological polar surface area (TPSA) is 46.3 Å². The Balaban J connectivity index is 2.31. The van der Waals surface area contributed by atoms with Gasteiger partial charge >= 0.3 is 6.18 Å². The van der Waals surface area contributed by atoms with Gasteiger partial charge in [-0.25, -0.2) is 0 Å². The number of benzene rings is 1. The summed E-state index contributed by atoms with van der Waals surface area (Å²) >= 11 is 11.5. The molecule has 2 N–H and O–H groups in total. The molecule has 1 amide bonds. The van der Waals surface area contributed by atoms with Crippen molar-refractivity contribution in [3.63, 3.8) is 0 Å². The molecule has 0 saturated carbocycles. The van der Waals surface area contributed by atoms with Crippen LogP contribution in [0.4, 0.5) is 13.2 Å². The Kier molecular flexibility index (Phi) is 4.70. The zero-order valence-corrected chi connectivity index (χ0v) is 12.3. The van der Waals surface area contributed by atoms with Crippen LogP contribution < -0.4 is 5.73 Å². The predicted molar refractivity (Wildman–Crippen MR) is 74.6 cm³/mol. The maximum atomic E-state index is 13.1. The normalized spacial score (nSPS) is 23.2. The van der Waals surface area contributed by atoms with Crippen molar-refractivity contribution in [1.82, 2.24) is 4.90 Å². The minimum Gasteiger partial charge on any atom is -0.326 e. The average Bonchev–Trinajstić information content (AvgIpc) is 2.39. The Morgan fingerprint density at radius 2 is 1.90 bits per heavy atom. The standard InChI is InChI=1S/C13H13Cl2F3N2O/c14-9-3-1-7(5-10(9)15)12(21)20-6-8(19)2-4-11(20)13(16,17)18/h1,3,5,8,11H,2,4,6,19H2/t8-,11-/m1/s1. The molecule has 1 aliphatic rings. The van der Waals surface area contributed by atoms with Crippen LogP contribution in [0.1, 0.15) is 23.2 Å². The van der Waals surface area contributed by atoms with E-state index in [0.717, 1.165) is 4.90 Å². The molecule has 2 rings (SSSR count). The molecule has 0 aromatic heterocycles. The molecule has 2 atom stereocenters. The van der Waals surface area contributed by atoms with Crippen molar-refractivity contribution in [2.75, 3.05) is 6.54 Å². The monoisotopic (exact) mass is 340 g/mol. The van der Waals surface area contributed by atoms with E-state index in [1.165, 1.54) is 18.2 Å². The number of alkyl halides is 3. The van der Waals surface area contributed by atoms with Crippen LogP contribution in [0.15, 0.2) is 18.2 Å². The van der Waals surface area contributed by atoms with Gasteiger partial charge < -0.3 is 10.6 Å². The van der Waals surface area contributed by atoms with Gasteiger partial charge in [0.1, 0.15) is 6.04 Å². The maximum Gasteiger partial charge on any atom is 0.408 e. The summed E-state index contributed by atoms with van der Waals surface area (Å²) in [5.41, 5.74) is 5.75. The van der Waals surface area contributed by atoms with Crippen LogP contribution in [-0.2, 0) is 0 Å². The van der Waals surface area contributed by atoms with Crippen LogP contribution in [0.2, 0.25) is 10.0 Å². The fraction of sp³-hybridized carbons (Fsp3) is 0.462. The summed E-state index contributed by atoms with van der Waals surface area (Å²) in [6, 6.07) is 1.71. The third-order valence-corrected chi connectivity index (χ3v) is 4.16. The summed E-state index contributed by atoms with van der Waals surface area (Å²) in [6.07, 6.45) is -4.45. The fourth-order valence-electron chi connectivity index (χ4n) is 2.36. The van der Waals surface area contributed by atoms with Gasteiger partial charge in [0.15, 0.2) is 0 Å². The van der Waals surface area contributed by atoms with Crippen molar-refractivity contribution in [2.45, 2.75) is 31.1 Å². The van der Waals surface area contributed by atoms with Gasteiger partial charge in [-0.05, 0) is 31.0 Å². The highest BCUT2D eigenvalue weighted by molar-refractivity contribution is 6.42. The number of halogens is 5. The molecule has 1 heterocycles. The number of carbonyl (C=O) groups is 1. The minimum absolute atomic E-state index is 0.0627. The first-order valence-corrected chi connectivity index (χ1v) is 7.04. The lowest BCUT2D eigenvalue weighted by Crippen LogP contribution is -2.56. The van der Waals surface area contributed by atoms with Crippen LogP contribution in [0, 0.1) is 0 Å². The van der Waals surface area contributed by atoms with E-state index in [1.807, 2.05) is 0 Å². The van der Waals surface area contributed by atoms with Gasteiger partial charge in [0.2, 0.25) is 0 Å². The second kappa shape index (κ2) is 6.02. The van der Waals surface area contributed by atoms with Gasteiger partial charge in [0.05, 0.1) is 10.0 Å². The lowest BCUT2D eigenvalue weighted by Gasteiger charge is -2.39. The molecule has 21 heavy (non-hydrogen) atoms. The molecule has 0 aliphatic carbocycles. The van der Waals surface area contributed by atoms with Gasteiger partial charge in [-0.15, -0.1) is 0 Å². The van der Waals surface area contributed by atoms with Crippen molar-refractivity contribution < 1.29 is 18.0 Å². The summed E-state index contributed by atoms with van der Waals surface area (Å²) in [6.45, 7) is -0.136. The first-order chi connectivity index (χ1) is 9.70. The third kappa shape index (κ3) is 3.62. The summed E-state index contributed by atoms with van der Waals surface area (Å²) in [7, 11) is 0. The molecule has 1 aromatic rings. The van der Waals surface area contributed by atoms with Crippen LogP contribution in [-0.4, -0.2) is 35.6 Å². The van der Waals surface area contributed by atoms with Gasteiger partial charge in [-0.1, -0.05) is 23.2 Å². The largest absolute Gasteiger partial charge is 0.408 e. The van der Waals surface area contributed by atoms with E-state index in [9.17, 15) is 18.0 Å². The summed E-state index contributed by atoms with van der Waals surface area (Å²) in [5.74, 6) is -0.744. The molecule has 1 aromatic carbocycles. The second-order valence-corrected chi connectivity index (χ2v) is 5.80. The summed E-state index contributed by atoms with van der Waals surface area (Å²) < 4.78 is 39.2. The van der Waals surface area contributed by atoms with Gasteiger partial charge in [-0.3, -0.25) is 4.79 Å². The first-order valence-electron chi connectivity index (χ1n) is 6.28. The highest BCUT2D eigenvalue weighted by atomic mass is 35.5. The maximum absolute atomic E-state index is 13.1. The number of piperidine rings is 1. The van der Waals surface area contributed by atoms with Crippen molar-refractivity contribution >= 4 is 29.1 Å². The SMILES string of the molecule is N[C@@H]1CC[C@H](C(F)(F)F)N(C(=O)c2ccc(Cl)c(Cl)c2)C1. The van der Waals surface area contributed by atoms with E-state index in [4.69, 9.17) is 28.9 Å². The number of rotatable bonds is 1. The highest BCUT2D eigenvalue weighted by Gasteiger charge is 2.47. The van der Waals surface area contributed by atoms with Crippen molar-refractivity contribution in [3.8, 4) is 0 Å². The Bertz CT molecular complexity index is 551. The molecule has 0 unspecified atom stereocenters. The average molecular weight is 341 g/mol. The molecule has 0 spiro atoms. The van der Waals surface area contributed by atoms with E-state index in [2.05, 4.69) is 0 Å². The van der Waals surface area contributed by atoms with E-state index >= 15 is 0 Å². The van der Waals surface area contributed by atoms with E-state index in [-0.39, 0.29) is 35.0 Å². The Morgan fingerprint density at radius 1 is 1.24 bits per heavy atom. The van der Waals surface area contributed by atoms with Gasteiger partial charge in [-0.2, -0.15) is 13.2 Å². The van der Waals surface area contributed by atoms with E-state index < -0.39 is 24.2 Å². The molecule has 1 saturated heterocycles. The number of likely N-dealkylation sites (tertiary alicyclic amines) is 1. The molecular weight excluding hydrogens is 328 g/mol. The van der Waals surface area contributed by atoms with Gasteiger partial charge in [0, 0.05) is 18.2 Å². The molecule has 8 heteroatoms. The Hall–Kier alpha value is -0.980. The van der Waals surface area contributed by atoms with Crippen LogP contribution in [0.25, 0.3) is 0 Å². The van der Waals surface area contributed by atoms with Crippen molar-refractivity contribution in [3.05, 3.63) is 33.8 Å². The predicted octanol–water partition coefficient (Wildman–Crippen LogP) is 3.49. The van der Waals surface area contributed by atoms with E-state index in [1.54, 1.807) is 0 Å². The number of hydrogen-bond donors (Lipinski definition) is 1. The Labute approximate surface area is 129 Å². The van der Waals surface area contributed by atoms with Crippen LogP contribution in [0.3, 0.4) is 0 Å². The van der Waals surface area contributed by atoms with Crippen LogP contribution >= 0.6 is 23.2 Å². The quantitative estimate of drug-likeness (QED) is 0.850. The molecule has 116 valence electrons. The van der Waals surface area contributed by atoms with Gasteiger partial charge in [0.25, 0.3) is 5.91 Å². The van der Waals surface area contributed by atoms with Crippen LogP contribution in [0.5, 0.6) is 0 Å². The molecule has 1 fully saturated rings. The zero-order valence-electron chi connectivity index (χ0n) is 10.8. The number of nitrogens with two attached hydrogens (primary N) is 1. The summed E-state index contributed by atoms with van der Waals surface area (Å²) in [5, 5.41) is 0.350. The minimum atomic E-state index is -4.48. The molecule has 1 aliphatic heterocycles. The lowest BCUT2D eigenvalue weighted by molar-refractivity contribution is -0.184. The Morgan fingerprint density at radius 3 is 2.48 bits per heavy atom. The summed E-state index contributed by atoms with van der Waals surface area (Å²) in [4.78, 5) is 13.1. The third-order valence-electron chi connectivity index (χ3n) is 3.42. The van der Waals surface area contributed by atoms with Crippen molar-refractivity contribution in [1.29, 1.82) is 0 Å². The second-order valence-electron chi connectivity index (χ2n) is 4.98. The van der Waals surface area contributed by atoms with E-state index in [0.29, 0.717) is 0 Å². The smallest absolute Gasteiger partial charge is 0.326 e. The fourth-order valence-corrected chi connectivity index (χ4v) is 2.66. The highest BCUT2D eigenvalue weighted by Crippen LogP contribution is 2.33. The molecular formula is C13H13Cl2F3N2O. The molecule has 0 radical (unpaired) electrons. The number of carbonyl (C=O) groups excluding carboxylic acids is 1. The first kappa shape index (κ1) is 16.4. The number of amides is 1. The zero-order chi connectivity index (χ0) is 15.8. The molecule has 3 nitrogen and oxygen atoms in total. The van der Waals surface area contributed by atoms with Crippen molar-refractivity contribution in [2.24, 2.45) is 5.73 Å². The lowest BCUT2D eigenvalue weighted by atomic mass is 9.97. The number of nitrogens with zero attached hydrogens (tertiary/aromatic N) is 1.